The van der Waals surface area contributed by atoms with E-state index in [1.165, 1.54) is 5.75 Å². The molecule has 1 N–H and O–H groups in total. The van der Waals surface area contributed by atoms with Gasteiger partial charge in [0.2, 0.25) is 5.91 Å². The predicted octanol–water partition coefficient (Wildman–Crippen LogP) is 1.73. The van der Waals surface area contributed by atoms with Crippen molar-refractivity contribution >= 4 is 42.5 Å². The van der Waals surface area contributed by atoms with Crippen LogP contribution in [0.1, 0.15) is 20.3 Å². The highest BCUT2D eigenvalue weighted by Gasteiger charge is 2.24. The summed E-state index contributed by atoms with van der Waals surface area (Å²) in [6, 6.07) is 0.389. The van der Waals surface area contributed by atoms with E-state index in [0.29, 0.717) is 24.3 Å². The first-order valence-electron chi connectivity index (χ1n) is 7.46. The lowest BCUT2D eigenvalue weighted by atomic mass is 10.1. The summed E-state index contributed by atoms with van der Waals surface area (Å²) in [6.07, 6.45) is 0.678. The summed E-state index contributed by atoms with van der Waals surface area (Å²) in [5.41, 5.74) is 0. The van der Waals surface area contributed by atoms with Gasteiger partial charge in [0.1, 0.15) is 0 Å². The normalized spacial score (nSPS) is 23.4. The van der Waals surface area contributed by atoms with Crippen LogP contribution in [-0.2, 0) is 4.79 Å². The molecular weight excluding hydrogens is 329 g/mol. The molecule has 0 aromatic carbocycles. The SMILES string of the molecule is CC(C)CN1CCN(C(=O)CC2CSCCN2)CC1.Cl.Cl. The van der Waals surface area contributed by atoms with E-state index < -0.39 is 0 Å². The third-order valence-electron chi connectivity index (χ3n) is 3.77. The average Bonchev–Trinajstić information content (AvgIpc) is 2.40. The molecule has 2 aliphatic heterocycles. The van der Waals surface area contributed by atoms with Gasteiger partial charge in [-0.1, -0.05) is 13.8 Å². The van der Waals surface area contributed by atoms with E-state index in [1.54, 1.807) is 0 Å². The molecule has 126 valence electrons. The van der Waals surface area contributed by atoms with E-state index in [1.807, 2.05) is 11.8 Å². The van der Waals surface area contributed by atoms with Gasteiger partial charge in [-0.3, -0.25) is 9.69 Å². The van der Waals surface area contributed by atoms with Crippen molar-refractivity contribution in [2.75, 3.05) is 50.8 Å². The number of thioether (sulfide) groups is 1. The van der Waals surface area contributed by atoms with Crippen LogP contribution in [0.25, 0.3) is 0 Å². The van der Waals surface area contributed by atoms with Gasteiger partial charge >= 0.3 is 0 Å². The molecule has 0 radical (unpaired) electrons. The lowest BCUT2D eigenvalue weighted by molar-refractivity contribution is -0.133. The van der Waals surface area contributed by atoms with Crippen molar-refractivity contribution in [3.8, 4) is 0 Å². The molecule has 7 heteroatoms. The minimum atomic E-state index is 0. The van der Waals surface area contributed by atoms with Crippen molar-refractivity contribution in [1.82, 2.24) is 15.1 Å². The molecule has 0 aromatic rings. The number of hydrogen-bond acceptors (Lipinski definition) is 4. The Bertz CT molecular complexity index is 294. The standard InChI is InChI=1S/C14H27N3OS.2ClH/c1-12(2)10-16-4-6-17(7-5-16)14(18)9-13-11-19-8-3-15-13;;/h12-13,15H,3-11H2,1-2H3;2*1H. The monoisotopic (exact) mass is 357 g/mol. The number of amides is 1. The molecule has 21 heavy (non-hydrogen) atoms. The first kappa shape index (κ1) is 21.3. The van der Waals surface area contributed by atoms with Crippen LogP contribution in [0.5, 0.6) is 0 Å². The molecule has 0 aliphatic carbocycles. The molecular formula is C14H29Cl2N3OS. The van der Waals surface area contributed by atoms with Gasteiger partial charge < -0.3 is 10.2 Å². The second-order valence-corrected chi connectivity index (χ2v) is 7.16. The van der Waals surface area contributed by atoms with Gasteiger partial charge in [-0.25, -0.2) is 0 Å². The molecule has 1 amide bonds. The highest BCUT2D eigenvalue weighted by atomic mass is 35.5. The van der Waals surface area contributed by atoms with E-state index in [9.17, 15) is 4.79 Å². The van der Waals surface area contributed by atoms with Crippen LogP contribution >= 0.6 is 36.6 Å². The van der Waals surface area contributed by atoms with Crippen LogP contribution < -0.4 is 5.32 Å². The molecule has 1 unspecified atom stereocenters. The van der Waals surface area contributed by atoms with Gasteiger partial charge in [0.15, 0.2) is 0 Å². The van der Waals surface area contributed by atoms with Crippen molar-refractivity contribution in [2.45, 2.75) is 26.3 Å². The van der Waals surface area contributed by atoms with Crippen molar-refractivity contribution in [3.05, 3.63) is 0 Å². The topological polar surface area (TPSA) is 35.6 Å². The molecule has 0 saturated carbocycles. The Balaban J connectivity index is 0.00000200. The molecule has 2 heterocycles. The Morgan fingerprint density at radius 3 is 2.43 bits per heavy atom. The van der Waals surface area contributed by atoms with E-state index in [2.05, 4.69) is 29.0 Å². The van der Waals surface area contributed by atoms with Crippen LogP contribution in [0, 0.1) is 5.92 Å². The third-order valence-corrected chi connectivity index (χ3v) is 4.90. The van der Waals surface area contributed by atoms with Crippen molar-refractivity contribution in [2.24, 2.45) is 5.92 Å². The third kappa shape index (κ3) is 7.42. The first-order valence-corrected chi connectivity index (χ1v) is 8.62. The molecule has 2 rings (SSSR count). The second kappa shape index (κ2) is 10.9. The van der Waals surface area contributed by atoms with Gasteiger partial charge in [-0.2, -0.15) is 11.8 Å². The Labute approximate surface area is 145 Å². The lowest BCUT2D eigenvalue weighted by Crippen LogP contribution is -2.51. The molecule has 0 spiro atoms. The highest BCUT2D eigenvalue weighted by Crippen LogP contribution is 2.13. The summed E-state index contributed by atoms with van der Waals surface area (Å²) in [5.74, 6) is 3.31. The number of nitrogens with zero attached hydrogens (tertiary/aromatic N) is 2. The second-order valence-electron chi connectivity index (χ2n) is 6.01. The Hall–Kier alpha value is 0.320. The van der Waals surface area contributed by atoms with E-state index in [0.717, 1.165) is 45.0 Å². The van der Waals surface area contributed by atoms with E-state index >= 15 is 0 Å². The predicted molar refractivity (Wildman–Crippen MR) is 96.1 cm³/mol. The fourth-order valence-electron chi connectivity index (χ4n) is 2.79. The number of piperazine rings is 1. The maximum atomic E-state index is 12.3. The number of hydrogen-bond donors (Lipinski definition) is 1. The number of rotatable bonds is 4. The molecule has 4 nitrogen and oxygen atoms in total. The maximum absolute atomic E-state index is 12.3. The van der Waals surface area contributed by atoms with Gasteiger partial charge in [0.05, 0.1) is 0 Å². The summed E-state index contributed by atoms with van der Waals surface area (Å²) >= 11 is 1.96. The van der Waals surface area contributed by atoms with E-state index in [-0.39, 0.29) is 24.8 Å². The molecule has 0 aromatic heterocycles. The zero-order chi connectivity index (χ0) is 13.7. The Morgan fingerprint density at radius 1 is 1.24 bits per heavy atom. The fraction of sp³-hybridized carbons (Fsp3) is 0.929. The minimum Gasteiger partial charge on any atom is -0.340 e. The summed E-state index contributed by atoms with van der Waals surface area (Å²) in [5, 5.41) is 3.45. The van der Waals surface area contributed by atoms with Crippen molar-refractivity contribution in [3.63, 3.8) is 0 Å². The number of nitrogens with one attached hydrogen (secondary N) is 1. The molecule has 2 aliphatic rings. The van der Waals surface area contributed by atoms with Crippen LogP contribution in [-0.4, -0.2) is 72.5 Å². The largest absolute Gasteiger partial charge is 0.340 e. The zero-order valence-corrected chi connectivity index (χ0v) is 15.5. The number of carbonyl (C=O) groups is 1. The summed E-state index contributed by atoms with van der Waals surface area (Å²) in [6.45, 7) is 10.6. The van der Waals surface area contributed by atoms with Crippen molar-refractivity contribution in [1.29, 1.82) is 0 Å². The maximum Gasteiger partial charge on any atom is 0.224 e. The molecule has 0 bridgehead atoms. The summed E-state index contributed by atoms with van der Waals surface area (Å²) in [4.78, 5) is 16.8. The molecule has 2 fully saturated rings. The van der Waals surface area contributed by atoms with Gasteiger partial charge in [0, 0.05) is 63.2 Å². The van der Waals surface area contributed by atoms with Crippen LogP contribution in [0.2, 0.25) is 0 Å². The lowest BCUT2D eigenvalue weighted by Gasteiger charge is -2.36. The summed E-state index contributed by atoms with van der Waals surface area (Å²) < 4.78 is 0. The van der Waals surface area contributed by atoms with Gasteiger partial charge in [-0.15, -0.1) is 24.8 Å². The van der Waals surface area contributed by atoms with Gasteiger partial charge in [-0.05, 0) is 5.92 Å². The van der Waals surface area contributed by atoms with Crippen LogP contribution in [0.15, 0.2) is 0 Å². The summed E-state index contributed by atoms with van der Waals surface area (Å²) in [7, 11) is 0. The Kier molecular flexibility index (Phi) is 11.1. The average molecular weight is 358 g/mol. The van der Waals surface area contributed by atoms with Crippen LogP contribution in [0.3, 0.4) is 0 Å². The zero-order valence-electron chi connectivity index (χ0n) is 13.0. The molecule has 1 atom stereocenters. The van der Waals surface area contributed by atoms with E-state index in [4.69, 9.17) is 0 Å². The Morgan fingerprint density at radius 2 is 1.90 bits per heavy atom. The fourth-order valence-corrected chi connectivity index (χ4v) is 3.74. The number of carbonyl (C=O) groups excluding carboxylic acids is 1. The smallest absolute Gasteiger partial charge is 0.224 e. The quantitative estimate of drug-likeness (QED) is 0.830. The van der Waals surface area contributed by atoms with Crippen LogP contribution in [0.4, 0.5) is 0 Å². The highest BCUT2D eigenvalue weighted by molar-refractivity contribution is 7.99. The minimum absolute atomic E-state index is 0. The van der Waals surface area contributed by atoms with Gasteiger partial charge in [0.25, 0.3) is 0 Å². The van der Waals surface area contributed by atoms with Crippen molar-refractivity contribution < 1.29 is 4.79 Å². The molecule has 2 saturated heterocycles. The first-order chi connectivity index (χ1) is 9.15. The number of halogens is 2.